The highest BCUT2D eigenvalue weighted by molar-refractivity contribution is 7.17. The van der Waals surface area contributed by atoms with Crippen molar-refractivity contribution in [2.24, 2.45) is 11.7 Å². The van der Waals surface area contributed by atoms with Crippen LogP contribution in [0.25, 0.3) is 32.1 Å². The largest absolute Gasteiger partial charge is 0.330 e. The number of fused-ring (bicyclic) bond motifs is 3. The number of H-pyrrole nitrogens is 1. The fourth-order valence-electron chi connectivity index (χ4n) is 5.18. The van der Waals surface area contributed by atoms with E-state index in [0.29, 0.717) is 12.5 Å². The number of aromatic nitrogens is 1. The van der Waals surface area contributed by atoms with Crippen LogP contribution < -0.4 is 11.3 Å². The van der Waals surface area contributed by atoms with Crippen molar-refractivity contribution in [1.29, 1.82) is 0 Å². The average molecular weight is 403 g/mol. The van der Waals surface area contributed by atoms with E-state index in [1.54, 1.807) is 0 Å². The summed E-state index contributed by atoms with van der Waals surface area (Å²) in [6, 6.07) is 15.2. The molecule has 2 aromatic carbocycles. The highest BCUT2D eigenvalue weighted by Crippen LogP contribution is 2.39. The molecule has 0 aliphatic heterocycles. The molecule has 1 aliphatic carbocycles. The second kappa shape index (κ2) is 7.43. The molecule has 0 radical (unpaired) electrons. The third kappa shape index (κ3) is 3.11. The Morgan fingerprint density at radius 1 is 1.10 bits per heavy atom. The number of pyridine rings is 1. The minimum absolute atomic E-state index is 0.00463. The van der Waals surface area contributed by atoms with Crippen molar-refractivity contribution in [2.75, 3.05) is 6.54 Å². The van der Waals surface area contributed by atoms with Gasteiger partial charge in [0, 0.05) is 16.3 Å². The molecule has 3 N–H and O–H groups in total. The number of rotatable bonds is 4. The van der Waals surface area contributed by atoms with Gasteiger partial charge < -0.3 is 10.7 Å². The van der Waals surface area contributed by atoms with Crippen LogP contribution in [0.2, 0.25) is 0 Å². The lowest BCUT2D eigenvalue weighted by Gasteiger charge is -2.22. The van der Waals surface area contributed by atoms with E-state index >= 15 is 0 Å². The minimum atomic E-state index is -0.00463. The second-order valence-corrected chi connectivity index (χ2v) is 9.22. The lowest BCUT2D eigenvalue weighted by Crippen LogP contribution is -2.19. The zero-order valence-electron chi connectivity index (χ0n) is 16.7. The summed E-state index contributed by atoms with van der Waals surface area (Å²) in [6.07, 6.45) is 5.28. The van der Waals surface area contributed by atoms with E-state index in [-0.39, 0.29) is 5.56 Å². The van der Waals surface area contributed by atoms with Crippen molar-refractivity contribution < 1.29 is 0 Å². The Bertz CT molecular complexity index is 1230. The summed E-state index contributed by atoms with van der Waals surface area (Å²) in [7, 11) is 0. The first-order valence-electron chi connectivity index (χ1n) is 10.5. The number of benzene rings is 2. The molecule has 1 atom stereocenters. The summed E-state index contributed by atoms with van der Waals surface area (Å²) in [6.45, 7) is 2.86. The predicted molar refractivity (Wildman–Crippen MR) is 124 cm³/mol. The summed E-state index contributed by atoms with van der Waals surface area (Å²) >= 11 is 1.50. The molecule has 1 fully saturated rings. The Hall–Kier alpha value is -2.43. The van der Waals surface area contributed by atoms with Gasteiger partial charge in [-0.05, 0) is 77.9 Å². The molecule has 1 aliphatic rings. The van der Waals surface area contributed by atoms with Crippen molar-refractivity contribution in [3.8, 4) is 11.1 Å². The third-order valence-electron chi connectivity index (χ3n) is 6.65. The molecule has 4 aromatic rings. The van der Waals surface area contributed by atoms with Crippen molar-refractivity contribution in [3.63, 3.8) is 0 Å². The van der Waals surface area contributed by atoms with Crippen LogP contribution in [-0.4, -0.2) is 11.5 Å². The van der Waals surface area contributed by atoms with Gasteiger partial charge in [0.1, 0.15) is 4.70 Å². The van der Waals surface area contributed by atoms with Gasteiger partial charge in [0.25, 0.3) is 5.56 Å². The number of aryl methyl sites for hydroxylation is 1. The SMILES string of the molecule is Cc1ccc2[nH]c(=O)c3sccc3c2c1-c1ccc(C(CN)C2CCCC2)cc1. The minimum Gasteiger partial charge on any atom is -0.330 e. The van der Waals surface area contributed by atoms with Gasteiger partial charge in [-0.15, -0.1) is 11.3 Å². The van der Waals surface area contributed by atoms with Crippen LogP contribution in [-0.2, 0) is 0 Å². The molecule has 0 bridgehead atoms. The first-order valence-corrected chi connectivity index (χ1v) is 11.4. The number of hydrogen-bond acceptors (Lipinski definition) is 3. The Labute approximate surface area is 174 Å². The molecular formula is C25H26N2OS. The maximum Gasteiger partial charge on any atom is 0.266 e. The average Bonchev–Trinajstić information content (AvgIpc) is 3.42. The molecule has 4 heteroatoms. The molecule has 2 heterocycles. The normalized spacial score (nSPS) is 16.1. The molecule has 2 aromatic heterocycles. The van der Waals surface area contributed by atoms with E-state index in [2.05, 4.69) is 48.3 Å². The highest BCUT2D eigenvalue weighted by Gasteiger charge is 2.25. The predicted octanol–water partition coefficient (Wildman–Crippen LogP) is 5.95. The topological polar surface area (TPSA) is 58.9 Å². The monoisotopic (exact) mass is 402 g/mol. The van der Waals surface area contributed by atoms with Crippen molar-refractivity contribution in [3.05, 3.63) is 69.3 Å². The molecule has 1 saturated carbocycles. The first kappa shape index (κ1) is 18.6. The lowest BCUT2D eigenvalue weighted by atomic mass is 9.84. The van der Waals surface area contributed by atoms with Crippen LogP contribution in [0.3, 0.4) is 0 Å². The summed E-state index contributed by atoms with van der Waals surface area (Å²) in [4.78, 5) is 15.5. The molecule has 0 spiro atoms. The van der Waals surface area contributed by atoms with Gasteiger partial charge in [-0.1, -0.05) is 43.2 Å². The van der Waals surface area contributed by atoms with E-state index < -0.39 is 0 Å². The Morgan fingerprint density at radius 2 is 1.86 bits per heavy atom. The third-order valence-corrected chi connectivity index (χ3v) is 7.57. The number of aromatic amines is 1. The summed E-state index contributed by atoms with van der Waals surface area (Å²) < 4.78 is 0.797. The Kier molecular flexibility index (Phi) is 4.76. The van der Waals surface area contributed by atoms with E-state index in [0.717, 1.165) is 26.9 Å². The van der Waals surface area contributed by atoms with Crippen molar-refractivity contribution in [1.82, 2.24) is 4.98 Å². The Morgan fingerprint density at radius 3 is 2.59 bits per heavy atom. The smallest absolute Gasteiger partial charge is 0.266 e. The highest BCUT2D eigenvalue weighted by atomic mass is 32.1. The second-order valence-electron chi connectivity index (χ2n) is 8.31. The molecule has 29 heavy (non-hydrogen) atoms. The van der Waals surface area contributed by atoms with Gasteiger partial charge in [-0.25, -0.2) is 0 Å². The zero-order valence-corrected chi connectivity index (χ0v) is 17.5. The molecular weight excluding hydrogens is 376 g/mol. The van der Waals surface area contributed by atoms with Crippen LogP contribution >= 0.6 is 11.3 Å². The Balaban J connectivity index is 1.65. The molecule has 1 unspecified atom stereocenters. The molecule has 0 saturated heterocycles. The van der Waals surface area contributed by atoms with Gasteiger partial charge in [0.05, 0.1) is 0 Å². The van der Waals surface area contributed by atoms with E-state index in [1.165, 1.54) is 59.3 Å². The standard InChI is InChI=1S/C25H26N2OS/c1-15-6-11-21-23(19-12-13-29-24(19)25(28)27-21)22(15)18-9-7-17(8-10-18)20(14-26)16-4-2-3-5-16/h6-13,16,20H,2-5,14,26H2,1H3,(H,27,28). The van der Waals surface area contributed by atoms with Gasteiger partial charge in [-0.3, -0.25) is 4.79 Å². The maximum atomic E-state index is 12.4. The molecule has 0 amide bonds. The van der Waals surface area contributed by atoms with Gasteiger partial charge in [0.15, 0.2) is 0 Å². The number of nitrogens with one attached hydrogen (secondary N) is 1. The van der Waals surface area contributed by atoms with Crippen LogP contribution in [0.5, 0.6) is 0 Å². The first-order chi connectivity index (χ1) is 14.2. The van der Waals surface area contributed by atoms with Crippen LogP contribution in [0.1, 0.15) is 42.7 Å². The van der Waals surface area contributed by atoms with E-state index in [1.807, 2.05) is 11.4 Å². The summed E-state index contributed by atoms with van der Waals surface area (Å²) in [5.41, 5.74) is 12.0. The number of thiophene rings is 1. The van der Waals surface area contributed by atoms with Gasteiger partial charge in [-0.2, -0.15) is 0 Å². The summed E-state index contributed by atoms with van der Waals surface area (Å²) in [5, 5.41) is 4.18. The zero-order chi connectivity index (χ0) is 20.0. The van der Waals surface area contributed by atoms with Gasteiger partial charge in [0.2, 0.25) is 0 Å². The maximum absolute atomic E-state index is 12.4. The fraction of sp³-hybridized carbons (Fsp3) is 0.320. The van der Waals surface area contributed by atoms with Crippen molar-refractivity contribution in [2.45, 2.75) is 38.5 Å². The number of hydrogen-bond donors (Lipinski definition) is 2. The molecule has 3 nitrogen and oxygen atoms in total. The van der Waals surface area contributed by atoms with E-state index in [9.17, 15) is 4.79 Å². The fourth-order valence-corrected chi connectivity index (χ4v) is 5.98. The number of nitrogens with two attached hydrogens (primary N) is 1. The van der Waals surface area contributed by atoms with Crippen LogP contribution in [0.4, 0.5) is 0 Å². The van der Waals surface area contributed by atoms with Crippen molar-refractivity contribution >= 4 is 32.3 Å². The molecule has 148 valence electrons. The van der Waals surface area contributed by atoms with Crippen LogP contribution in [0.15, 0.2) is 52.6 Å². The van der Waals surface area contributed by atoms with Crippen LogP contribution in [0, 0.1) is 12.8 Å². The quantitative estimate of drug-likeness (QED) is 0.443. The van der Waals surface area contributed by atoms with E-state index in [4.69, 9.17) is 5.73 Å². The lowest BCUT2D eigenvalue weighted by molar-refractivity contribution is 0.440. The summed E-state index contributed by atoms with van der Waals surface area (Å²) in [5.74, 6) is 1.18. The van der Waals surface area contributed by atoms with Gasteiger partial charge >= 0.3 is 0 Å². The molecule has 5 rings (SSSR count).